The molecule has 164 valence electrons. The van der Waals surface area contributed by atoms with E-state index in [1.807, 2.05) is 23.9 Å². The van der Waals surface area contributed by atoms with Crippen molar-refractivity contribution in [1.29, 1.82) is 0 Å². The molecule has 0 radical (unpaired) electrons. The van der Waals surface area contributed by atoms with E-state index in [2.05, 4.69) is 39.0 Å². The lowest BCUT2D eigenvalue weighted by Gasteiger charge is -2.33. The Morgan fingerprint density at radius 1 is 0.967 bits per heavy atom. The number of rotatable bonds is 12. The molecule has 0 N–H and O–H groups in total. The van der Waals surface area contributed by atoms with Crippen LogP contribution in [-0.4, -0.2) is 11.0 Å². The highest BCUT2D eigenvalue weighted by Gasteiger charge is 2.30. The second-order valence-corrected chi connectivity index (χ2v) is 9.29. The summed E-state index contributed by atoms with van der Waals surface area (Å²) in [4.78, 5) is 26.8. The molecule has 0 atom stereocenters. The largest absolute Gasteiger partial charge is 0.303 e. The number of halogens is 1. The third-order valence-electron chi connectivity index (χ3n) is 5.28. The van der Waals surface area contributed by atoms with Crippen LogP contribution < -0.4 is 0 Å². The molecule has 0 saturated carbocycles. The Labute approximate surface area is 184 Å². The molecule has 0 aliphatic rings. The number of carbonyl (C=O) groups excluding carboxylic acids is 1. The van der Waals surface area contributed by atoms with Crippen molar-refractivity contribution in [2.24, 2.45) is 0 Å². The average Bonchev–Trinajstić information content (AvgIpc) is 2.76. The first-order chi connectivity index (χ1) is 14.5. The molecule has 3 nitrogen and oxygen atoms in total. The van der Waals surface area contributed by atoms with Crippen LogP contribution in [0.15, 0.2) is 47.4 Å². The summed E-state index contributed by atoms with van der Waals surface area (Å²) in [5.74, 6) is -0.202. The van der Waals surface area contributed by atoms with Gasteiger partial charge in [0.05, 0.1) is 0 Å². The lowest BCUT2D eigenvalue weighted by atomic mass is 9.92. The summed E-state index contributed by atoms with van der Waals surface area (Å²) in [6.45, 7) is 6.53. The summed E-state index contributed by atoms with van der Waals surface area (Å²) in [6.07, 6.45) is 9.19. The van der Waals surface area contributed by atoms with Crippen molar-refractivity contribution in [3.05, 3.63) is 74.9 Å². The number of aldehydes is 1. The Bertz CT molecular complexity index is 753. The van der Waals surface area contributed by atoms with Crippen molar-refractivity contribution in [3.63, 3.8) is 0 Å². The van der Waals surface area contributed by atoms with Crippen LogP contribution >= 0.6 is 11.8 Å². The molecule has 2 aromatic rings. The molecule has 0 unspecified atom stereocenters. The predicted molar refractivity (Wildman–Crippen MR) is 125 cm³/mol. The van der Waals surface area contributed by atoms with E-state index < -0.39 is 0 Å². The Balaban J connectivity index is 0.00000218. The minimum Gasteiger partial charge on any atom is -0.303 e. The Morgan fingerprint density at radius 3 is 2.10 bits per heavy atom. The van der Waals surface area contributed by atoms with Gasteiger partial charge in [0.25, 0.3) is 0 Å². The lowest BCUT2D eigenvalue weighted by molar-refractivity contribution is -0.108. The first kappa shape index (κ1) is 26.0. The van der Waals surface area contributed by atoms with Crippen molar-refractivity contribution in [2.45, 2.75) is 81.8 Å². The maximum Gasteiger partial charge on any atom is 0.123 e. The molecule has 0 bridgehead atoms. The highest BCUT2D eigenvalue weighted by molar-refractivity contribution is 8.00. The Kier molecular flexibility index (Phi) is 12.2. The molecule has 0 spiro atoms. The Hall–Kier alpha value is -2.01. The number of carbonyl (C=O) groups is 1. The fourth-order valence-corrected chi connectivity index (χ4v) is 5.13. The molecule has 30 heavy (non-hydrogen) atoms. The second kappa shape index (κ2) is 14.1. The van der Waals surface area contributed by atoms with E-state index >= 15 is 0 Å². The minimum atomic E-state index is -0.202. The molecule has 0 aliphatic carbocycles. The van der Waals surface area contributed by atoms with Crippen LogP contribution in [0.3, 0.4) is 0 Å². The minimum absolute atomic E-state index is 0.0272. The van der Waals surface area contributed by atoms with Gasteiger partial charge in [0.1, 0.15) is 12.1 Å². The summed E-state index contributed by atoms with van der Waals surface area (Å²) in [5.41, 5.74) is 3.60. The lowest BCUT2D eigenvalue weighted by Crippen LogP contribution is -2.25. The summed E-state index contributed by atoms with van der Waals surface area (Å²) < 4.78 is 13.2. The molecule has 2 rings (SSSR count). The van der Waals surface area contributed by atoms with Crippen molar-refractivity contribution in [2.75, 3.05) is 0 Å². The van der Waals surface area contributed by atoms with Crippen molar-refractivity contribution in [1.82, 2.24) is 0 Å². The summed E-state index contributed by atoms with van der Waals surface area (Å²) in [6, 6.07) is 13.4. The maximum absolute atomic E-state index is 13.3. The van der Waals surface area contributed by atoms with Crippen LogP contribution in [0, 0.1) is 22.7 Å². The fourth-order valence-electron chi connectivity index (χ4n) is 3.62. The molecule has 0 amide bonds. The third-order valence-corrected chi connectivity index (χ3v) is 6.90. The van der Waals surface area contributed by atoms with Gasteiger partial charge in [-0.1, -0.05) is 69.4 Å². The molecule has 2 aromatic carbocycles. The second-order valence-electron chi connectivity index (χ2n) is 7.78. The SMILES string of the molecule is CCCCC(CC=O)(CCCC)Sc1ccc(C)cc1Cc1ccc(F)cc1.O=O. The van der Waals surface area contributed by atoms with E-state index in [1.54, 1.807) is 0 Å². The van der Waals surface area contributed by atoms with Gasteiger partial charge < -0.3 is 4.79 Å². The van der Waals surface area contributed by atoms with Gasteiger partial charge >= 0.3 is 0 Å². The predicted octanol–water partition coefficient (Wildman–Crippen LogP) is 7.59. The summed E-state index contributed by atoms with van der Waals surface area (Å²) in [5, 5.41) is 0. The number of hydrogen-bond donors (Lipinski definition) is 0. The molecule has 0 heterocycles. The highest BCUT2D eigenvalue weighted by atomic mass is 32.2. The number of aryl methyl sites for hydroxylation is 1. The molecule has 5 heteroatoms. The maximum atomic E-state index is 13.3. The van der Waals surface area contributed by atoms with Crippen molar-refractivity contribution in [3.8, 4) is 0 Å². The summed E-state index contributed by atoms with van der Waals surface area (Å²) in [7, 11) is 0. The zero-order valence-corrected chi connectivity index (χ0v) is 19.1. The quantitative estimate of drug-likeness (QED) is 0.256. The fraction of sp³-hybridized carbons (Fsp3) is 0.480. The van der Waals surface area contributed by atoms with Gasteiger partial charge in [-0.3, -0.25) is 0 Å². The standard InChI is InChI=1S/C25H33FOS.O2/c1-4-6-14-25(16-17-27,15-7-5-2)28-24-13-8-20(3)18-22(24)19-21-9-11-23(26)12-10-21;1-2/h8-13,17-18H,4-7,14-16,19H2,1-3H3;. The van der Waals surface area contributed by atoms with Gasteiger partial charge in [-0.25, -0.2) is 4.39 Å². The van der Waals surface area contributed by atoms with Gasteiger partial charge in [0, 0.05) is 26.0 Å². The van der Waals surface area contributed by atoms with Gasteiger partial charge in [-0.2, -0.15) is 0 Å². The number of benzene rings is 2. The van der Waals surface area contributed by atoms with Crippen LogP contribution in [0.4, 0.5) is 4.39 Å². The first-order valence-corrected chi connectivity index (χ1v) is 11.5. The Morgan fingerprint density at radius 2 is 1.57 bits per heavy atom. The molecular weight excluding hydrogens is 399 g/mol. The zero-order chi connectivity index (χ0) is 22.4. The molecule has 0 aliphatic heterocycles. The molecular formula is C25H33FO3S. The highest BCUT2D eigenvalue weighted by Crippen LogP contribution is 2.44. The van der Waals surface area contributed by atoms with Gasteiger partial charge in [-0.15, -0.1) is 11.8 Å². The van der Waals surface area contributed by atoms with Crippen LogP contribution in [0.1, 0.15) is 75.5 Å². The average molecular weight is 433 g/mol. The normalized spacial score (nSPS) is 10.9. The molecule has 0 aromatic heterocycles. The van der Waals surface area contributed by atoms with Gasteiger partial charge in [0.15, 0.2) is 0 Å². The number of hydrogen-bond acceptors (Lipinski definition) is 4. The van der Waals surface area contributed by atoms with E-state index in [-0.39, 0.29) is 10.6 Å². The van der Waals surface area contributed by atoms with Crippen molar-refractivity contribution >= 4 is 18.0 Å². The summed E-state index contributed by atoms with van der Waals surface area (Å²) >= 11 is 1.89. The van der Waals surface area contributed by atoms with E-state index in [9.17, 15) is 9.18 Å². The topological polar surface area (TPSA) is 51.2 Å². The van der Waals surface area contributed by atoms with Gasteiger partial charge in [-0.05, 0) is 55.5 Å². The number of unbranched alkanes of at least 4 members (excludes halogenated alkanes) is 2. The molecule has 0 saturated heterocycles. The number of thioether (sulfide) groups is 1. The first-order valence-electron chi connectivity index (χ1n) is 10.6. The van der Waals surface area contributed by atoms with Crippen LogP contribution in [0.5, 0.6) is 0 Å². The molecule has 0 fully saturated rings. The van der Waals surface area contributed by atoms with E-state index in [0.717, 1.165) is 56.8 Å². The van der Waals surface area contributed by atoms with Crippen LogP contribution in [0.25, 0.3) is 0 Å². The van der Waals surface area contributed by atoms with Crippen molar-refractivity contribution < 1.29 is 9.18 Å². The smallest absolute Gasteiger partial charge is 0.123 e. The van der Waals surface area contributed by atoms with E-state index in [1.165, 1.54) is 28.2 Å². The van der Waals surface area contributed by atoms with E-state index in [4.69, 9.17) is 9.93 Å². The van der Waals surface area contributed by atoms with Gasteiger partial charge in [0.2, 0.25) is 0 Å². The van der Waals surface area contributed by atoms with Crippen LogP contribution in [0.2, 0.25) is 0 Å². The monoisotopic (exact) mass is 432 g/mol. The van der Waals surface area contributed by atoms with E-state index in [0.29, 0.717) is 6.42 Å². The van der Waals surface area contributed by atoms with Crippen LogP contribution in [-0.2, 0) is 11.2 Å². The zero-order valence-electron chi connectivity index (χ0n) is 18.3. The third kappa shape index (κ3) is 8.39.